The lowest BCUT2D eigenvalue weighted by Gasteiger charge is -2.13. The average molecular weight is 422 g/mol. The number of halogens is 1. The van der Waals surface area contributed by atoms with Crippen molar-refractivity contribution in [2.75, 3.05) is 0 Å². The first-order chi connectivity index (χ1) is 11.8. The molecular formula is C17H16BrN3O3S. The number of rotatable bonds is 4. The Balaban J connectivity index is 2.39. The van der Waals surface area contributed by atoms with Crippen LogP contribution < -0.4 is 17.0 Å². The van der Waals surface area contributed by atoms with E-state index in [9.17, 15) is 14.4 Å². The van der Waals surface area contributed by atoms with E-state index >= 15 is 0 Å². The molecule has 3 rings (SSSR count). The number of carbonyl (C=O) groups excluding carboxylic acids is 1. The van der Waals surface area contributed by atoms with E-state index in [0.29, 0.717) is 10.2 Å². The number of aromatic amines is 1. The van der Waals surface area contributed by atoms with Crippen molar-refractivity contribution in [2.24, 2.45) is 5.73 Å². The van der Waals surface area contributed by atoms with Crippen molar-refractivity contribution in [3.63, 3.8) is 0 Å². The van der Waals surface area contributed by atoms with Crippen LogP contribution in [0.5, 0.6) is 0 Å². The number of carbonyl (C=O) groups is 1. The molecule has 130 valence electrons. The fourth-order valence-corrected chi connectivity index (χ4v) is 4.29. The smallest absolute Gasteiger partial charge is 0.330 e. The highest BCUT2D eigenvalue weighted by molar-refractivity contribution is 9.10. The van der Waals surface area contributed by atoms with Crippen LogP contribution in [0.1, 0.15) is 24.3 Å². The van der Waals surface area contributed by atoms with E-state index in [4.69, 9.17) is 5.73 Å². The summed E-state index contributed by atoms with van der Waals surface area (Å²) in [6.45, 7) is 3.61. The van der Waals surface area contributed by atoms with Crippen molar-refractivity contribution < 1.29 is 4.79 Å². The first-order valence-corrected chi connectivity index (χ1v) is 9.29. The van der Waals surface area contributed by atoms with Crippen LogP contribution in [0.3, 0.4) is 0 Å². The first kappa shape index (κ1) is 17.6. The van der Waals surface area contributed by atoms with Crippen LogP contribution in [-0.4, -0.2) is 15.5 Å². The third kappa shape index (κ3) is 2.96. The Hall–Kier alpha value is -2.19. The van der Waals surface area contributed by atoms with Crippen molar-refractivity contribution >= 4 is 43.4 Å². The lowest BCUT2D eigenvalue weighted by molar-refractivity contribution is -0.121. The van der Waals surface area contributed by atoms with Crippen LogP contribution in [0.4, 0.5) is 0 Å². The molecule has 0 aliphatic rings. The SMILES string of the molecule is CCC(C(N)=O)n1c(=O)[nH]c2sc(C)c(-c3ccc(Br)cc3)c2c1=O. The number of hydrogen-bond donors (Lipinski definition) is 2. The Kier molecular flexibility index (Phi) is 4.66. The number of benzene rings is 1. The molecule has 0 fully saturated rings. The van der Waals surface area contributed by atoms with Crippen LogP contribution in [0, 0.1) is 6.92 Å². The third-order valence-electron chi connectivity index (χ3n) is 4.12. The Labute approximate surface area is 155 Å². The van der Waals surface area contributed by atoms with E-state index in [1.54, 1.807) is 6.92 Å². The van der Waals surface area contributed by atoms with Crippen molar-refractivity contribution in [1.29, 1.82) is 0 Å². The van der Waals surface area contributed by atoms with Gasteiger partial charge in [-0.3, -0.25) is 14.6 Å². The zero-order chi connectivity index (χ0) is 18.3. The monoisotopic (exact) mass is 421 g/mol. The standard InChI is InChI=1S/C17H16BrN3O3S/c1-3-11(14(19)22)21-16(23)13-12(9-4-6-10(18)7-5-9)8(2)25-15(13)20-17(21)24/h4-7,11H,3H2,1-2H3,(H2,19,22)(H,20,24). The van der Waals surface area contributed by atoms with Gasteiger partial charge in [0, 0.05) is 14.9 Å². The van der Waals surface area contributed by atoms with Crippen molar-refractivity contribution in [2.45, 2.75) is 26.3 Å². The lowest BCUT2D eigenvalue weighted by atomic mass is 10.0. The quantitative estimate of drug-likeness (QED) is 0.677. The van der Waals surface area contributed by atoms with Gasteiger partial charge >= 0.3 is 5.69 Å². The van der Waals surface area contributed by atoms with E-state index in [0.717, 1.165) is 25.0 Å². The second-order valence-electron chi connectivity index (χ2n) is 5.68. The van der Waals surface area contributed by atoms with E-state index in [-0.39, 0.29) is 6.42 Å². The minimum Gasteiger partial charge on any atom is -0.368 e. The summed E-state index contributed by atoms with van der Waals surface area (Å²) in [6, 6.07) is 6.61. The molecule has 0 spiro atoms. The summed E-state index contributed by atoms with van der Waals surface area (Å²) in [5, 5.41) is 0.407. The molecule has 0 aliphatic carbocycles. The number of aromatic nitrogens is 2. The molecule has 1 amide bonds. The van der Waals surface area contributed by atoms with E-state index < -0.39 is 23.2 Å². The molecule has 2 aromatic heterocycles. The molecule has 1 aromatic carbocycles. The van der Waals surface area contributed by atoms with Gasteiger partial charge in [-0.05, 0) is 31.0 Å². The van der Waals surface area contributed by atoms with Gasteiger partial charge in [0.25, 0.3) is 5.56 Å². The molecule has 3 N–H and O–H groups in total. The van der Waals surface area contributed by atoms with Gasteiger partial charge in [-0.15, -0.1) is 11.3 Å². The lowest BCUT2D eigenvalue weighted by Crippen LogP contribution is -2.42. The Bertz CT molecular complexity index is 1080. The van der Waals surface area contributed by atoms with E-state index in [2.05, 4.69) is 20.9 Å². The summed E-state index contributed by atoms with van der Waals surface area (Å²) < 4.78 is 1.86. The van der Waals surface area contributed by atoms with Crippen LogP contribution in [0.15, 0.2) is 38.3 Å². The molecule has 0 radical (unpaired) electrons. The summed E-state index contributed by atoms with van der Waals surface area (Å²) in [5.74, 6) is -0.702. The van der Waals surface area contributed by atoms with Gasteiger partial charge in [-0.25, -0.2) is 9.36 Å². The maximum atomic E-state index is 13.1. The summed E-state index contributed by atoms with van der Waals surface area (Å²) in [6.07, 6.45) is 0.264. The van der Waals surface area contributed by atoms with Crippen molar-refractivity contribution in [3.8, 4) is 11.1 Å². The maximum Gasteiger partial charge on any atom is 0.330 e. The molecular weight excluding hydrogens is 406 g/mol. The highest BCUT2D eigenvalue weighted by atomic mass is 79.9. The van der Waals surface area contributed by atoms with Gasteiger partial charge in [0.2, 0.25) is 5.91 Å². The van der Waals surface area contributed by atoms with Crippen LogP contribution in [0.25, 0.3) is 21.3 Å². The molecule has 0 bridgehead atoms. The minimum absolute atomic E-state index is 0.264. The first-order valence-electron chi connectivity index (χ1n) is 7.68. The molecule has 2 heterocycles. The molecule has 1 unspecified atom stereocenters. The van der Waals surface area contributed by atoms with Gasteiger partial charge in [0.1, 0.15) is 10.9 Å². The van der Waals surface area contributed by atoms with Gasteiger partial charge in [0.05, 0.1) is 5.39 Å². The Morgan fingerprint density at radius 3 is 2.52 bits per heavy atom. The summed E-state index contributed by atoms with van der Waals surface area (Å²) >= 11 is 4.74. The largest absolute Gasteiger partial charge is 0.368 e. The predicted octanol–water partition coefficient (Wildman–Crippen LogP) is 2.93. The average Bonchev–Trinajstić information content (AvgIpc) is 2.88. The number of fused-ring (bicyclic) bond motifs is 1. The van der Waals surface area contributed by atoms with Crippen molar-refractivity contribution in [3.05, 3.63) is 54.5 Å². The van der Waals surface area contributed by atoms with E-state index in [1.807, 2.05) is 31.2 Å². The second-order valence-corrected chi connectivity index (χ2v) is 7.82. The topological polar surface area (TPSA) is 97.9 Å². The highest BCUT2D eigenvalue weighted by Gasteiger charge is 2.24. The molecule has 3 aromatic rings. The van der Waals surface area contributed by atoms with Crippen LogP contribution in [-0.2, 0) is 4.79 Å². The molecule has 25 heavy (non-hydrogen) atoms. The molecule has 0 saturated carbocycles. The van der Waals surface area contributed by atoms with Gasteiger partial charge in [0.15, 0.2) is 0 Å². The molecule has 0 aliphatic heterocycles. The number of nitrogens with one attached hydrogen (secondary N) is 1. The third-order valence-corrected chi connectivity index (χ3v) is 5.67. The zero-order valence-electron chi connectivity index (χ0n) is 13.6. The number of thiophene rings is 1. The summed E-state index contributed by atoms with van der Waals surface area (Å²) in [4.78, 5) is 41.2. The predicted molar refractivity (Wildman–Crippen MR) is 103 cm³/mol. The zero-order valence-corrected chi connectivity index (χ0v) is 16.0. The minimum atomic E-state index is -0.973. The number of primary amides is 1. The normalized spacial score (nSPS) is 12.4. The number of nitrogens with two attached hydrogens (primary N) is 1. The number of amides is 1. The summed E-state index contributed by atoms with van der Waals surface area (Å²) in [5.41, 5.74) is 5.90. The Morgan fingerprint density at radius 1 is 1.32 bits per heavy atom. The Morgan fingerprint density at radius 2 is 1.96 bits per heavy atom. The second kappa shape index (κ2) is 6.61. The van der Waals surface area contributed by atoms with Crippen LogP contribution >= 0.6 is 27.3 Å². The van der Waals surface area contributed by atoms with E-state index in [1.165, 1.54) is 11.3 Å². The number of aryl methyl sites for hydroxylation is 1. The van der Waals surface area contributed by atoms with Gasteiger partial charge in [-0.2, -0.15) is 0 Å². The molecule has 1 atom stereocenters. The molecule has 0 saturated heterocycles. The van der Waals surface area contributed by atoms with Crippen LogP contribution in [0.2, 0.25) is 0 Å². The number of H-pyrrole nitrogens is 1. The number of hydrogen-bond acceptors (Lipinski definition) is 4. The summed E-state index contributed by atoms with van der Waals surface area (Å²) in [7, 11) is 0. The van der Waals surface area contributed by atoms with Gasteiger partial charge < -0.3 is 5.73 Å². The molecule has 8 heteroatoms. The van der Waals surface area contributed by atoms with Crippen molar-refractivity contribution in [1.82, 2.24) is 9.55 Å². The molecule has 6 nitrogen and oxygen atoms in total. The maximum absolute atomic E-state index is 13.1. The van der Waals surface area contributed by atoms with Gasteiger partial charge in [-0.1, -0.05) is 35.0 Å². The fourth-order valence-electron chi connectivity index (χ4n) is 2.97. The number of nitrogens with zero attached hydrogens (tertiary/aromatic N) is 1. The highest BCUT2D eigenvalue weighted by Crippen LogP contribution is 2.35. The fraction of sp³-hybridized carbons (Fsp3) is 0.235.